The largest absolute Gasteiger partial charge is 0.491 e. The molecule has 1 aromatic heterocycles. The molecule has 0 saturated heterocycles. The maximum atomic E-state index is 12.5. The number of para-hydroxylation sites is 1. The molecule has 0 unspecified atom stereocenters. The Kier molecular flexibility index (Phi) is 5.91. The van der Waals surface area contributed by atoms with Gasteiger partial charge < -0.3 is 14.1 Å². The molecule has 2 aromatic carbocycles. The van der Waals surface area contributed by atoms with Crippen molar-refractivity contribution in [3.8, 4) is 17.2 Å². The highest BCUT2D eigenvalue weighted by molar-refractivity contribution is 5.78. The van der Waals surface area contributed by atoms with Gasteiger partial charge in [-0.1, -0.05) is 36.4 Å². The van der Waals surface area contributed by atoms with Crippen LogP contribution in [0.2, 0.25) is 0 Å². The number of nitrogens with zero attached hydrogens (tertiary/aromatic N) is 2. The highest BCUT2D eigenvalue weighted by Crippen LogP contribution is 2.22. The van der Waals surface area contributed by atoms with Gasteiger partial charge in [-0.3, -0.25) is 4.79 Å². The van der Waals surface area contributed by atoms with E-state index in [0.717, 1.165) is 16.9 Å². The van der Waals surface area contributed by atoms with Crippen LogP contribution in [0.1, 0.15) is 17.0 Å². The number of aromatic nitrogens is 1. The lowest BCUT2D eigenvalue weighted by Crippen LogP contribution is -2.32. The van der Waals surface area contributed by atoms with E-state index in [-0.39, 0.29) is 12.3 Å². The van der Waals surface area contributed by atoms with Gasteiger partial charge in [0.15, 0.2) is 0 Å². The lowest BCUT2D eigenvalue weighted by molar-refractivity contribution is -0.129. The van der Waals surface area contributed by atoms with E-state index in [1.165, 1.54) is 0 Å². The lowest BCUT2D eigenvalue weighted by atomic mass is 10.2. The number of carbonyl (C=O) groups is 1. The normalized spacial score (nSPS) is 10.6. The van der Waals surface area contributed by atoms with E-state index in [4.69, 9.17) is 9.15 Å². The summed E-state index contributed by atoms with van der Waals surface area (Å²) in [5, 5.41) is 0. The van der Waals surface area contributed by atoms with Crippen molar-refractivity contribution in [2.75, 3.05) is 20.2 Å². The fourth-order valence-electron chi connectivity index (χ4n) is 2.71. The summed E-state index contributed by atoms with van der Waals surface area (Å²) in [6.45, 7) is 4.79. The van der Waals surface area contributed by atoms with Gasteiger partial charge in [0.25, 0.3) is 0 Å². The number of rotatable bonds is 7. The van der Waals surface area contributed by atoms with E-state index in [0.29, 0.717) is 30.5 Å². The Bertz CT molecular complexity index is 903. The smallest absolute Gasteiger partial charge is 0.228 e. The maximum Gasteiger partial charge on any atom is 0.228 e. The number of ether oxygens (including phenoxy) is 1. The van der Waals surface area contributed by atoms with E-state index >= 15 is 0 Å². The van der Waals surface area contributed by atoms with Crippen LogP contribution in [0.3, 0.4) is 0 Å². The first-order chi connectivity index (χ1) is 13.0. The topological polar surface area (TPSA) is 55.6 Å². The van der Waals surface area contributed by atoms with Crippen LogP contribution in [-0.4, -0.2) is 36.0 Å². The molecule has 0 bridgehead atoms. The highest BCUT2D eigenvalue weighted by Gasteiger charge is 2.17. The molecular formula is C22H24N2O3. The predicted octanol–water partition coefficient (Wildman–Crippen LogP) is 4.04. The zero-order chi connectivity index (χ0) is 19.2. The average Bonchev–Trinajstić information content (AvgIpc) is 3.04. The molecule has 5 nitrogen and oxygen atoms in total. The standard InChI is InChI=1S/C22H24N2O3/c1-16-9-7-8-12-20(16)26-14-13-24(3)21(25)15-19-17(2)27-22(23-19)18-10-5-4-6-11-18/h4-12H,13-15H2,1-3H3. The zero-order valence-electron chi connectivity index (χ0n) is 15.9. The molecule has 0 N–H and O–H groups in total. The Labute approximate surface area is 159 Å². The van der Waals surface area contributed by atoms with Crippen molar-refractivity contribution >= 4 is 5.91 Å². The van der Waals surface area contributed by atoms with Crippen LogP contribution in [0.25, 0.3) is 11.5 Å². The highest BCUT2D eigenvalue weighted by atomic mass is 16.5. The Balaban J connectivity index is 1.55. The number of hydrogen-bond acceptors (Lipinski definition) is 4. The second kappa shape index (κ2) is 8.54. The molecule has 0 spiro atoms. The summed E-state index contributed by atoms with van der Waals surface area (Å²) in [4.78, 5) is 18.7. The minimum absolute atomic E-state index is 0.0144. The molecule has 0 aliphatic carbocycles. The van der Waals surface area contributed by atoms with Gasteiger partial charge in [-0.2, -0.15) is 0 Å². The van der Waals surface area contributed by atoms with Gasteiger partial charge >= 0.3 is 0 Å². The third-order valence-electron chi connectivity index (χ3n) is 4.44. The van der Waals surface area contributed by atoms with Crippen molar-refractivity contribution in [1.29, 1.82) is 0 Å². The average molecular weight is 364 g/mol. The van der Waals surface area contributed by atoms with Crippen LogP contribution in [0.4, 0.5) is 0 Å². The van der Waals surface area contributed by atoms with Gasteiger partial charge in [0.2, 0.25) is 11.8 Å². The van der Waals surface area contributed by atoms with Gasteiger partial charge in [-0.05, 0) is 37.6 Å². The van der Waals surface area contributed by atoms with Crippen molar-refractivity contribution in [3.63, 3.8) is 0 Å². The summed E-state index contributed by atoms with van der Waals surface area (Å²) in [6.07, 6.45) is 0.211. The number of amides is 1. The van der Waals surface area contributed by atoms with Gasteiger partial charge in [0.1, 0.15) is 18.1 Å². The van der Waals surface area contributed by atoms with Crippen LogP contribution >= 0.6 is 0 Å². The predicted molar refractivity (Wildman–Crippen MR) is 105 cm³/mol. The van der Waals surface area contributed by atoms with Crippen molar-refractivity contribution in [3.05, 3.63) is 71.6 Å². The molecule has 3 rings (SSSR count). The molecule has 0 radical (unpaired) electrons. The van der Waals surface area contributed by atoms with E-state index < -0.39 is 0 Å². The fourth-order valence-corrected chi connectivity index (χ4v) is 2.71. The second-order valence-electron chi connectivity index (χ2n) is 6.49. The first-order valence-corrected chi connectivity index (χ1v) is 8.98. The van der Waals surface area contributed by atoms with Crippen molar-refractivity contribution in [2.24, 2.45) is 0 Å². The molecule has 0 aliphatic rings. The van der Waals surface area contributed by atoms with E-state index in [1.54, 1.807) is 11.9 Å². The van der Waals surface area contributed by atoms with Crippen molar-refractivity contribution in [1.82, 2.24) is 9.88 Å². The number of carbonyl (C=O) groups excluding carboxylic acids is 1. The minimum Gasteiger partial charge on any atom is -0.491 e. The van der Waals surface area contributed by atoms with E-state index in [9.17, 15) is 4.79 Å². The van der Waals surface area contributed by atoms with Crippen molar-refractivity contribution in [2.45, 2.75) is 20.3 Å². The number of aryl methyl sites for hydroxylation is 2. The molecular weight excluding hydrogens is 340 g/mol. The van der Waals surface area contributed by atoms with E-state index in [1.807, 2.05) is 68.4 Å². The lowest BCUT2D eigenvalue weighted by Gasteiger charge is -2.17. The fraction of sp³-hybridized carbons (Fsp3) is 0.273. The summed E-state index contributed by atoms with van der Waals surface area (Å²) >= 11 is 0. The Morgan fingerprint density at radius 1 is 1.07 bits per heavy atom. The van der Waals surface area contributed by atoms with Crippen LogP contribution in [0, 0.1) is 13.8 Å². The number of hydrogen-bond donors (Lipinski definition) is 0. The van der Waals surface area contributed by atoms with Crippen LogP contribution in [-0.2, 0) is 11.2 Å². The summed E-state index contributed by atoms with van der Waals surface area (Å²) in [5.41, 5.74) is 2.66. The molecule has 27 heavy (non-hydrogen) atoms. The Hall–Kier alpha value is -3.08. The molecule has 1 heterocycles. The Morgan fingerprint density at radius 2 is 1.78 bits per heavy atom. The van der Waals surface area contributed by atoms with Gasteiger partial charge in [-0.15, -0.1) is 0 Å². The van der Waals surface area contributed by atoms with Crippen LogP contribution < -0.4 is 4.74 Å². The summed E-state index contributed by atoms with van der Waals surface area (Å²) in [6, 6.07) is 17.5. The molecule has 1 amide bonds. The zero-order valence-corrected chi connectivity index (χ0v) is 15.9. The third kappa shape index (κ3) is 4.76. The first kappa shape index (κ1) is 18.7. The van der Waals surface area contributed by atoms with E-state index in [2.05, 4.69) is 4.98 Å². The summed E-state index contributed by atoms with van der Waals surface area (Å²) in [5.74, 6) is 2.05. The first-order valence-electron chi connectivity index (χ1n) is 8.98. The summed E-state index contributed by atoms with van der Waals surface area (Å²) in [7, 11) is 1.77. The third-order valence-corrected chi connectivity index (χ3v) is 4.44. The second-order valence-corrected chi connectivity index (χ2v) is 6.49. The molecule has 0 atom stereocenters. The molecule has 5 heteroatoms. The molecule has 0 fully saturated rings. The number of likely N-dealkylation sites (N-methyl/N-ethyl adjacent to an activating group) is 1. The van der Waals surface area contributed by atoms with Gasteiger partial charge in [0, 0.05) is 12.6 Å². The SMILES string of the molecule is Cc1ccccc1OCCN(C)C(=O)Cc1nc(-c2ccccc2)oc1C. The van der Waals surface area contributed by atoms with Gasteiger partial charge in [0.05, 0.1) is 18.7 Å². The molecule has 0 aliphatic heterocycles. The van der Waals surface area contributed by atoms with Crippen LogP contribution in [0.15, 0.2) is 59.0 Å². The summed E-state index contributed by atoms with van der Waals surface area (Å²) < 4.78 is 11.5. The van der Waals surface area contributed by atoms with Crippen molar-refractivity contribution < 1.29 is 13.9 Å². The Morgan fingerprint density at radius 3 is 2.52 bits per heavy atom. The molecule has 3 aromatic rings. The minimum atomic E-state index is -0.0144. The van der Waals surface area contributed by atoms with Gasteiger partial charge in [-0.25, -0.2) is 4.98 Å². The maximum absolute atomic E-state index is 12.5. The quantitative estimate of drug-likeness (QED) is 0.635. The molecule has 140 valence electrons. The molecule has 0 saturated carbocycles. The number of oxazole rings is 1. The number of benzene rings is 2. The monoisotopic (exact) mass is 364 g/mol. The van der Waals surface area contributed by atoms with Crippen LogP contribution in [0.5, 0.6) is 5.75 Å².